The highest BCUT2D eigenvalue weighted by atomic mass is 32.2. The maximum atomic E-state index is 12.7. The van der Waals surface area contributed by atoms with E-state index in [2.05, 4.69) is 0 Å². The molecular weight excluding hydrogens is 364 g/mol. The molecule has 1 aromatic carbocycles. The minimum absolute atomic E-state index is 0.0600. The molecule has 10 nitrogen and oxygen atoms in total. The summed E-state index contributed by atoms with van der Waals surface area (Å²) < 4.78 is 53.4. The first kappa shape index (κ1) is 17.4. The van der Waals surface area contributed by atoms with Gasteiger partial charge in [-0.1, -0.05) is 0 Å². The largest absolute Gasteiger partial charge is 0.377 e. The topological polar surface area (TPSA) is 125 Å². The summed E-state index contributed by atoms with van der Waals surface area (Å²) in [6.45, 7) is 0.225. The van der Waals surface area contributed by atoms with Gasteiger partial charge in [0.1, 0.15) is 12.2 Å². The Labute approximate surface area is 140 Å². The third-order valence-corrected chi connectivity index (χ3v) is 6.58. The van der Waals surface area contributed by atoms with Crippen LogP contribution >= 0.6 is 0 Å². The van der Waals surface area contributed by atoms with Gasteiger partial charge in [0.2, 0.25) is 10.0 Å². The number of nitro benzene ring substituents is 1. The summed E-state index contributed by atoms with van der Waals surface area (Å²) in [5.41, 5.74) is -0.208. The lowest BCUT2D eigenvalue weighted by Gasteiger charge is -2.35. The lowest BCUT2D eigenvalue weighted by molar-refractivity contribution is -0.384. The molecule has 0 bridgehead atoms. The van der Waals surface area contributed by atoms with Crippen LogP contribution in [0.25, 0.3) is 0 Å². The first-order chi connectivity index (χ1) is 11.3. The van der Waals surface area contributed by atoms with Gasteiger partial charge in [-0.2, -0.15) is 8.51 Å². The molecule has 0 aliphatic carbocycles. The monoisotopic (exact) mass is 378 g/mol. The lowest BCUT2D eigenvalue weighted by Crippen LogP contribution is -2.55. The fourth-order valence-electron chi connectivity index (χ4n) is 2.56. The Balaban J connectivity index is 1.86. The normalized spacial score (nSPS) is 30.2. The van der Waals surface area contributed by atoms with Crippen molar-refractivity contribution in [2.75, 3.05) is 20.3 Å². The van der Waals surface area contributed by atoms with E-state index in [9.17, 15) is 22.7 Å². The molecule has 132 valence electrons. The van der Waals surface area contributed by atoms with Gasteiger partial charge in [-0.15, -0.1) is 0 Å². The van der Waals surface area contributed by atoms with Crippen LogP contribution in [0.5, 0.6) is 0 Å². The van der Waals surface area contributed by atoms with Gasteiger partial charge in [-0.25, -0.2) is 8.42 Å². The molecule has 0 radical (unpaired) electrons. The Morgan fingerprint density at radius 2 is 1.92 bits per heavy atom. The van der Waals surface area contributed by atoms with Crippen LogP contribution in [0, 0.1) is 10.1 Å². The van der Waals surface area contributed by atoms with Crippen molar-refractivity contribution in [2.45, 2.75) is 23.1 Å². The van der Waals surface area contributed by atoms with E-state index in [1.165, 1.54) is 7.05 Å². The van der Waals surface area contributed by atoms with Crippen LogP contribution in [-0.2, 0) is 34.5 Å². The summed E-state index contributed by atoms with van der Waals surface area (Å²) in [5, 5.41) is 10.7. The summed E-state index contributed by atoms with van der Waals surface area (Å²) in [6, 6.07) is 3.83. The predicted molar refractivity (Wildman–Crippen MR) is 80.5 cm³/mol. The molecule has 2 aliphatic heterocycles. The smallest absolute Gasteiger partial charge is 0.305 e. The fraction of sp³-hybridized carbons (Fsp3) is 0.500. The highest BCUT2D eigenvalue weighted by Gasteiger charge is 2.48. The van der Waals surface area contributed by atoms with E-state index >= 15 is 0 Å². The summed E-state index contributed by atoms with van der Waals surface area (Å²) in [4.78, 5) is 9.96. The molecule has 1 unspecified atom stereocenters. The number of ether oxygens (including phenoxy) is 1. The molecule has 3 rings (SSSR count). The van der Waals surface area contributed by atoms with Gasteiger partial charge in [0, 0.05) is 19.2 Å². The predicted octanol–water partition coefficient (Wildman–Crippen LogP) is -0.0232. The molecular formula is C12H14N2O8S2. The Kier molecular flexibility index (Phi) is 4.68. The van der Waals surface area contributed by atoms with Crippen LogP contribution in [0.2, 0.25) is 0 Å². The second-order valence-electron chi connectivity index (χ2n) is 5.28. The molecule has 0 amide bonds. The molecule has 1 aromatic rings. The van der Waals surface area contributed by atoms with Crippen molar-refractivity contribution in [1.29, 1.82) is 0 Å². The van der Waals surface area contributed by atoms with E-state index < -0.39 is 44.6 Å². The van der Waals surface area contributed by atoms with Gasteiger partial charge in [0.25, 0.3) is 5.69 Å². The number of hydrogen-bond acceptors (Lipinski definition) is 8. The highest BCUT2D eigenvalue weighted by molar-refractivity contribution is 7.89. The minimum atomic E-state index is -3.94. The standard InChI is InChI=1S/C12H14N2O8S2/c1-13(10-6-20-7-11-12(10)22-23(17)21-11)24(18,19)9-4-2-8(3-5-9)14(15)16/h2-5,10-12H,6-7H2,1H3/t10-,11-,12+,23?/m0/s1. The van der Waals surface area contributed by atoms with E-state index in [-0.39, 0.29) is 23.8 Å². The molecule has 24 heavy (non-hydrogen) atoms. The van der Waals surface area contributed by atoms with Crippen LogP contribution in [0.3, 0.4) is 0 Å². The Hall–Kier alpha value is -1.44. The number of likely N-dealkylation sites (N-methyl/N-ethyl adjacent to an activating group) is 1. The molecule has 0 N–H and O–H groups in total. The number of sulfonamides is 1. The first-order valence-corrected chi connectivity index (χ1v) is 9.31. The van der Waals surface area contributed by atoms with Gasteiger partial charge in [-0.05, 0) is 12.1 Å². The fourth-order valence-corrected chi connectivity index (χ4v) is 4.76. The number of non-ortho nitro benzene ring substituents is 1. The van der Waals surface area contributed by atoms with Gasteiger partial charge < -0.3 is 4.74 Å². The third-order valence-electron chi connectivity index (χ3n) is 3.90. The van der Waals surface area contributed by atoms with Crippen molar-refractivity contribution >= 4 is 27.1 Å². The number of rotatable bonds is 4. The molecule has 4 atom stereocenters. The SMILES string of the molecule is CN([C@H]1COC[C@@H]2OS(=O)O[C@@H]21)S(=O)(=O)c1ccc([N+](=O)[O-])cc1. The Morgan fingerprint density at radius 3 is 2.54 bits per heavy atom. The van der Waals surface area contributed by atoms with Crippen molar-refractivity contribution in [2.24, 2.45) is 0 Å². The average molecular weight is 378 g/mol. The minimum Gasteiger partial charge on any atom is -0.377 e. The maximum Gasteiger partial charge on any atom is 0.305 e. The molecule has 0 aromatic heterocycles. The number of nitrogens with zero attached hydrogens (tertiary/aromatic N) is 2. The zero-order valence-corrected chi connectivity index (χ0v) is 14.1. The quantitative estimate of drug-likeness (QED) is 0.528. The summed E-state index contributed by atoms with van der Waals surface area (Å²) in [5.74, 6) is 0. The van der Waals surface area contributed by atoms with E-state index in [0.29, 0.717) is 0 Å². The van der Waals surface area contributed by atoms with Crippen LogP contribution < -0.4 is 0 Å². The van der Waals surface area contributed by atoms with Gasteiger partial charge in [-0.3, -0.25) is 18.5 Å². The molecule has 2 heterocycles. The van der Waals surface area contributed by atoms with Gasteiger partial charge in [0.05, 0.1) is 29.1 Å². The van der Waals surface area contributed by atoms with Crippen LogP contribution in [0.4, 0.5) is 5.69 Å². The summed E-state index contributed by atoms with van der Waals surface area (Å²) in [7, 11) is -2.60. The average Bonchev–Trinajstić information content (AvgIpc) is 2.94. The molecule has 12 heteroatoms. The third kappa shape index (κ3) is 3.08. The molecule has 0 spiro atoms. The van der Waals surface area contributed by atoms with E-state index in [1.54, 1.807) is 0 Å². The Morgan fingerprint density at radius 1 is 1.25 bits per heavy atom. The lowest BCUT2D eigenvalue weighted by atomic mass is 10.0. The molecule has 2 saturated heterocycles. The number of fused-ring (bicyclic) bond motifs is 1. The van der Waals surface area contributed by atoms with Gasteiger partial charge in [0.15, 0.2) is 0 Å². The van der Waals surface area contributed by atoms with Crippen LogP contribution in [0.15, 0.2) is 29.2 Å². The summed E-state index contributed by atoms with van der Waals surface area (Å²) in [6.07, 6.45) is -1.32. The van der Waals surface area contributed by atoms with E-state index in [4.69, 9.17) is 13.1 Å². The van der Waals surface area contributed by atoms with Crippen molar-refractivity contribution in [3.63, 3.8) is 0 Å². The Bertz CT molecular complexity index is 766. The van der Waals surface area contributed by atoms with E-state index in [0.717, 1.165) is 28.6 Å². The maximum absolute atomic E-state index is 12.7. The van der Waals surface area contributed by atoms with Crippen molar-refractivity contribution in [1.82, 2.24) is 4.31 Å². The van der Waals surface area contributed by atoms with Crippen molar-refractivity contribution in [3.8, 4) is 0 Å². The molecule has 2 fully saturated rings. The molecule has 2 aliphatic rings. The highest BCUT2D eigenvalue weighted by Crippen LogP contribution is 2.30. The number of hydrogen-bond donors (Lipinski definition) is 0. The van der Waals surface area contributed by atoms with E-state index in [1.807, 2.05) is 0 Å². The van der Waals surface area contributed by atoms with Crippen molar-refractivity contribution in [3.05, 3.63) is 34.4 Å². The zero-order valence-electron chi connectivity index (χ0n) is 12.4. The second kappa shape index (κ2) is 6.46. The first-order valence-electron chi connectivity index (χ1n) is 6.87. The zero-order chi connectivity index (χ0) is 17.5. The van der Waals surface area contributed by atoms with Gasteiger partial charge >= 0.3 is 11.4 Å². The van der Waals surface area contributed by atoms with Crippen molar-refractivity contribution < 1.29 is 30.7 Å². The summed E-state index contributed by atoms with van der Waals surface area (Å²) >= 11 is -1.94. The second-order valence-corrected chi connectivity index (χ2v) is 8.07. The van der Waals surface area contributed by atoms with Crippen LogP contribution in [0.1, 0.15) is 0 Å². The number of nitro groups is 1. The number of benzene rings is 1. The molecule has 0 saturated carbocycles. The van der Waals surface area contributed by atoms with Crippen LogP contribution in [-0.4, -0.2) is 60.4 Å².